The Hall–Kier alpha value is -3.43. The lowest BCUT2D eigenvalue weighted by Gasteiger charge is -2.29. The Morgan fingerprint density at radius 2 is 1.83 bits per heavy atom. The molecule has 0 fully saturated rings. The SMILES string of the molecule is CC1=C(C(=O)Nc2cccc(C(F)(F)F)c2)[C@@H](c2ccc(F)cc2F)NC(=O)N1. The van der Waals surface area contributed by atoms with E-state index in [4.69, 9.17) is 0 Å². The van der Waals surface area contributed by atoms with E-state index >= 15 is 0 Å². The van der Waals surface area contributed by atoms with Crippen molar-refractivity contribution in [3.8, 4) is 0 Å². The Balaban J connectivity index is 1.96. The molecule has 2 aromatic carbocycles. The van der Waals surface area contributed by atoms with Crippen LogP contribution in [0.5, 0.6) is 0 Å². The van der Waals surface area contributed by atoms with Gasteiger partial charge in [-0.1, -0.05) is 12.1 Å². The summed E-state index contributed by atoms with van der Waals surface area (Å²) in [4.78, 5) is 24.6. The van der Waals surface area contributed by atoms with E-state index in [9.17, 15) is 31.5 Å². The molecule has 0 aliphatic carbocycles. The topological polar surface area (TPSA) is 70.2 Å². The second-order valence-corrected chi connectivity index (χ2v) is 6.27. The van der Waals surface area contributed by atoms with Crippen LogP contribution in [0.15, 0.2) is 53.7 Å². The summed E-state index contributed by atoms with van der Waals surface area (Å²) in [6.45, 7) is 1.38. The van der Waals surface area contributed by atoms with Crippen molar-refractivity contribution in [2.24, 2.45) is 0 Å². The molecule has 0 aromatic heterocycles. The van der Waals surface area contributed by atoms with Crippen LogP contribution in [-0.4, -0.2) is 11.9 Å². The van der Waals surface area contributed by atoms with Crippen LogP contribution in [0.25, 0.3) is 0 Å². The van der Waals surface area contributed by atoms with Gasteiger partial charge in [0.05, 0.1) is 17.2 Å². The van der Waals surface area contributed by atoms with E-state index in [-0.39, 0.29) is 22.5 Å². The van der Waals surface area contributed by atoms with Crippen molar-refractivity contribution in [2.45, 2.75) is 19.1 Å². The van der Waals surface area contributed by atoms with Crippen molar-refractivity contribution in [3.63, 3.8) is 0 Å². The van der Waals surface area contributed by atoms with Gasteiger partial charge in [-0.15, -0.1) is 0 Å². The molecule has 0 unspecified atom stereocenters. The molecular formula is C19H14F5N3O2. The molecule has 29 heavy (non-hydrogen) atoms. The summed E-state index contributed by atoms with van der Waals surface area (Å²) in [5.74, 6) is -2.69. The monoisotopic (exact) mass is 411 g/mol. The first-order chi connectivity index (χ1) is 13.6. The molecule has 1 aliphatic heterocycles. The zero-order valence-corrected chi connectivity index (χ0v) is 14.8. The van der Waals surface area contributed by atoms with Gasteiger partial charge in [-0.25, -0.2) is 13.6 Å². The summed E-state index contributed by atoms with van der Waals surface area (Å²) in [6, 6.07) is 4.62. The predicted molar refractivity (Wildman–Crippen MR) is 93.5 cm³/mol. The van der Waals surface area contributed by atoms with Crippen molar-refractivity contribution >= 4 is 17.6 Å². The molecule has 2 aromatic rings. The Morgan fingerprint density at radius 1 is 1.10 bits per heavy atom. The van der Waals surface area contributed by atoms with Gasteiger partial charge in [0.1, 0.15) is 11.6 Å². The minimum atomic E-state index is -4.60. The molecule has 3 rings (SSSR count). The molecule has 152 valence electrons. The van der Waals surface area contributed by atoms with Gasteiger partial charge in [-0.2, -0.15) is 13.2 Å². The molecule has 0 bridgehead atoms. The molecule has 0 saturated heterocycles. The maximum Gasteiger partial charge on any atom is 0.416 e. The maximum atomic E-state index is 14.2. The van der Waals surface area contributed by atoms with E-state index in [0.717, 1.165) is 30.3 Å². The number of carbonyl (C=O) groups is 2. The van der Waals surface area contributed by atoms with Crippen LogP contribution in [0.3, 0.4) is 0 Å². The lowest BCUT2D eigenvalue weighted by Crippen LogP contribution is -2.46. The average molecular weight is 411 g/mol. The lowest BCUT2D eigenvalue weighted by molar-refractivity contribution is -0.137. The predicted octanol–water partition coefficient (Wildman–Crippen LogP) is 4.25. The molecule has 0 saturated carbocycles. The van der Waals surface area contributed by atoms with Crippen molar-refractivity contribution < 1.29 is 31.5 Å². The fraction of sp³-hybridized carbons (Fsp3) is 0.158. The summed E-state index contributed by atoms with van der Waals surface area (Å²) >= 11 is 0. The normalized spacial score (nSPS) is 16.9. The Bertz CT molecular complexity index is 1020. The van der Waals surface area contributed by atoms with Crippen molar-refractivity contribution in [2.75, 3.05) is 5.32 Å². The molecule has 10 heteroatoms. The van der Waals surface area contributed by atoms with Crippen LogP contribution in [-0.2, 0) is 11.0 Å². The van der Waals surface area contributed by atoms with Gasteiger partial charge < -0.3 is 16.0 Å². The third-order valence-electron chi connectivity index (χ3n) is 4.24. The molecular weight excluding hydrogens is 397 g/mol. The van der Waals surface area contributed by atoms with E-state index in [1.807, 2.05) is 0 Å². The highest BCUT2D eigenvalue weighted by Crippen LogP contribution is 2.32. The van der Waals surface area contributed by atoms with Crippen LogP contribution >= 0.6 is 0 Å². The summed E-state index contributed by atoms with van der Waals surface area (Å²) in [6.07, 6.45) is -4.60. The molecule has 3 amide bonds. The summed E-state index contributed by atoms with van der Waals surface area (Å²) < 4.78 is 66.1. The number of hydrogen-bond acceptors (Lipinski definition) is 2. The molecule has 3 N–H and O–H groups in total. The fourth-order valence-corrected chi connectivity index (χ4v) is 2.94. The number of halogens is 5. The van der Waals surface area contributed by atoms with Gasteiger partial charge in [0, 0.05) is 23.0 Å². The minimum absolute atomic E-state index is 0.0759. The Morgan fingerprint density at radius 3 is 2.48 bits per heavy atom. The zero-order valence-electron chi connectivity index (χ0n) is 14.8. The molecule has 5 nitrogen and oxygen atoms in total. The second-order valence-electron chi connectivity index (χ2n) is 6.27. The van der Waals surface area contributed by atoms with Gasteiger partial charge in [-0.05, 0) is 31.2 Å². The number of carbonyl (C=O) groups excluding carboxylic acids is 2. The van der Waals surface area contributed by atoms with Crippen LogP contribution < -0.4 is 16.0 Å². The quantitative estimate of drug-likeness (QED) is 0.661. The first kappa shape index (κ1) is 20.3. The Labute approximate surface area is 161 Å². The van der Waals surface area contributed by atoms with Gasteiger partial charge >= 0.3 is 12.2 Å². The van der Waals surface area contributed by atoms with Crippen molar-refractivity contribution in [3.05, 3.63) is 76.5 Å². The number of urea groups is 1. The van der Waals surface area contributed by atoms with Gasteiger partial charge in [-0.3, -0.25) is 4.79 Å². The van der Waals surface area contributed by atoms with Crippen LogP contribution in [0.4, 0.5) is 32.4 Å². The van der Waals surface area contributed by atoms with Gasteiger partial charge in [0.2, 0.25) is 0 Å². The van der Waals surface area contributed by atoms with Crippen molar-refractivity contribution in [1.82, 2.24) is 10.6 Å². The van der Waals surface area contributed by atoms with E-state index in [0.29, 0.717) is 6.07 Å². The number of rotatable bonds is 3. The maximum absolute atomic E-state index is 14.2. The third kappa shape index (κ3) is 4.36. The third-order valence-corrected chi connectivity index (χ3v) is 4.24. The van der Waals surface area contributed by atoms with Gasteiger partial charge in [0.25, 0.3) is 5.91 Å². The molecule has 0 spiro atoms. The first-order valence-electron chi connectivity index (χ1n) is 8.28. The summed E-state index contributed by atoms with van der Waals surface area (Å²) in [7, 11) is 0. The standard InChI is InChI=1S/C19H14F5N3O2/c1-9-15(17(28)26-12-4-2-3-10(7-12)19(22,23)24)16(27-18(29)25-9)13-6-5-11(20)8-14(13)21/h2-8,16H,1H3,(H,26,28)(H2,25,27,29)/t16-/m1/s1. The van der Waals surface area contributed by atoms with Gasteiger partial charge in [0.15, 0.2) is 0 Å². The van der Waals surface area contributed by atoms with Crippen molar-refractivity contribution in [1.29, 1.82) is 0 Å². The number of benzene rings is 2. The van der Waals surface area contributed by atoms with Crippen LogP contribution in [0, 0.1) is 11.6 Å². The van der Waals surface area contributed by atoms with Crippen LogP contribution in [0.2, 0.25) is 0 Å². The number of anilines is 1. The molecule has 1 aliphatic rings. The van der Waals surface area contributed by atoms with E-state index < -0.39 is 41.4 Å². The van der Waals surface area contributed by atoms with Crippen LogP contribution in [0.1, 0.15) is 24.1 Å². The fourth-order valence-electron chi connectivity index (χ4n) is 2.94. The van der Waals surface area contributed by atoms with E-state index in [2.05, 4.69) is 16.0 Å². The highest BCUT2D eigenvalue weighted by molar-refractivity contribution is 6.06. The number of hydrogen-bond donors (Lipinski definition) is 3. The lowest BCUT2D eigenvalue weighted by atomic mass is 9.94. The Kier molecular flexibility index (Phi) is 5.27. The zero-order chi connectivity index (χ0) is 21.3. The van der Waals surface area contributed by atoms with E-state index in [1.165, 1.54) is 13.0 Å². The number of amides is 3. The summed E-state index contributed by atoms with van der Waals surface area (Å²) in [5, 5.41) is 7.03. The number of nitrogens with one attached hydrogen (secondary N) is 3. The minimum Gasteiger partial charge on any atom is -0.327 e. The second kappa shape index (κ2) is 7.53. The van der Waals surface area contributed by atoms with E-state index in [1.54, 1.807) is 0 Å². The smallest absolute Gasteiger partial charge is 0.327 e. The highest BCUT2D eigenvalue weighted by Gasteiger charge is 2.34. The highest BCUT2D eigenvalue weighted by atomic mass is 19.4. The molecule has 0 radical (unpaired) electrons. The molecule has 1 atom stereocenters. The number of alkyl halides is 3. The number of allylic oxidation sites excluding steroid dienone is 1. The largest absolute Gasteiger partial charge is 0.416 e. The summed E-state index contributed by atoms with van der Waals surface area (Å²) in [5.41, 5.74) is -1.33. The average Bonchev–Trinajstić information content (AvgIpc) is 2.60. The first-order valence-corrected chi connectivity index (χ1v) is 8.28. The molecule has 1 heterocycles.